The van der Waals surface area contributed by atoms with Crippen LogP contribution in [0.15, 0.2) is 0 Å². The Balaban J connectivity index is 1.53. The Kier molecular flexibility index (Phi) is 5.55. The molecule has 3 fully saturated rings. The molecule has 3 heterocycles. The first-order valence-electron chi connectivity index (χ1n) is 8.63. The predicted octanol–water partition coefficient (Wildman–Crippen LogP) is -0.952. The molecule has 3 atom stereocenters. The van der Waals surface area contributed by atoms with Crippen molar-refractivity contribution in [1.82, 2.24) is 20.3 Å². The van der Waals surface area contributed by atoms with Gasteiger partial charge in [0.05, 0.1) is 18.7 Å². The van der Waals surface area contributed by atoms with Gasteiger partial charge in [0, 0.05) is 20.0 Å². The molecule has 3 aliphatic rings. The summed E-state index contributed by atoms with van der Waals surface area (Å²) < 4.78 is 34.8. The monoisotopic (exact) mass is 406 g/mol. The number of hydrogen-bond donors (Lipinski definition) is 2. The quantitative estimate of drug-likeness (QED) is 0.424. The van der Waals surface area contributed by atoms with Crippen LogP contribution >= 0.6 is 0 Å². The average Bonchev–Trinajstić information content (AvgIpc) is 3.14. The summed E-state index contributed by atoms with van der Waals surface area (Å²) in [4.78, 5) is 44.3. The van der Waals surface area contributed by atoms with Crippen LogP contribution in [0, 0.1) is 0 Å². The van der Waals surface area contributed by atoms with Gasteiger partial charge in [0.15, 0.2) is 0 Å². The maximum atomic E-state index is 12.4. The summed E-state index contributed by atoms with van der Waals surface area (Å²) in [6.45, 7) is 2.39. The number of piperidine rings is 1. The second-order valence-electron chi connectivity index (χ2n) is 6.80. The minimum Gasteiger partial charge on any atom is -0.338 e. The van der Waals surface area contributed by atoms with Gasteiger partial charge in [-0.3, -0.25) is 19.0 Å². The normalized spacial score (nSPS) is 28.0. The second kappa shape index (κ2) is 7.58. The van der Waals surface area contributed by atoms with Crippen molar-refractivity contribution in [2.75, 3.05) is 19.7 Å². The first-order valence-corrected chi connectivity index (χ1v) is 9.99. The van der Waals surface area contributed by atoms with Gasteiger partial charge in [0.1, 0.15) is 6.04 Å². The van der Waals surface area contributed by atoms with Crippen LogP contribution in [0.5, 0.6) is 0 Å². The zero-order chi connectivity index (χ0) is 19.8. The topological polar surface area (TPSA) is 146 Å². The molecule has 2 N–H and O–H groups in total. The molecule has 2 bridgehead atoms. The molecular weight excluding hydrogens is 384 g/mol. The Hall–Kier alpha value is -1.96. The summed E-state index contributed by atoms with van der Waals surface area (Å²) in [7, 11) is -4.83. The molecule has 0 aliphatic carbocycles. The van der Waals surface area contributed by atoms with Crippen LogP contribution in [-0.4, -0.2) is 83.5 Å². The summed E-state index contributed by atoms with van der Waals surface area (Å²) in [5.41, 5.74) is 2.31. The molecule has 3 rings (SSSR count). The van der Waals surface area contributed by atoms with E-state index < -0.39 is 34.4 Å². The fraction of sp³-hybridized carbons (Fsp3) is 0.786. The number of urea groups is 1. The molecule has 3 saturated heterocycles. The summed E-state index contributed by atoms with van der Waals surface area (Å²) in [5, 5.41) is 0.576. The van der Waals surface area contributed by atoms with Crippen LogP contribution in [-0.2, 0) is 29.1 Å². The van der Waals surface area contributed by atoms with Gasteiger partial charge in [-0.15, -0.1) is 4.28 Å². The Morgan fingerprint density at radius 1 is 1.30 bits per heavy atom. The van der Waals surface area contributed by atoms with E-state index in [1.54, 1.807) is 4.90 Å². The fourth-order valence-corrected chi connectivity index (χ4v) is 4.19. The largest absolute Gasteiger partial charge is 0.418 e. The SMILES string of the molecule is CC(=O)N1CCCC1CONC(=O)[C@@H]1CCC2CN1C(=O)N2OS(=O)(=O)O. The summed E-state index contributed by atoms with van der Waals surface area (Å²) in [5.74, 6) is -0.588. The van der Waals surface area contributed by atoms with Gasteiger partial charge in [-0.1, -0.05) is 0 Å². The van der Waals surface area contributed by atoms with Crippen LogP contribution in [0.4, 0.5) is 4.79 Å². The van der Waals surface area contributed by atoms with E-state index in [1.165, 1.54) is 11.8 Å². The molecule has 0 radical (unpaired) electrons. The number of carbonyl (C=O) groups excluding carboxylic acids is 3. The lowest BCUT2D eigenvalue weighted by atomic mass is 10.0. The van der Waals surface area contributed by atoms with Gasteiger partial charge >= 0.3 is 16.4 Å². The number of fused-ring (bicyclic) bond motifs is 2. The van der Waals surface area contributed by atoms with E-state index in [-0.39, 0.29) is 25.1 Å². The number of likely N-dealkylation sites (tertiary alicyclic amines) is 1. The van der Waals surface area contributed by atoms with Crippen LogP contribution in [0.2, 0.25) is 0 Å². The lowest BCUT2D eigenvalue weighted by Gasteiger charge is -2.29. The van der Waals surface area contributed by atoms with Crippen LogP contribution in [0.3, 0.4) is 0 Å². The standard InChI is InChI=1S/C14H22N4O8S/c1-9(19)16-6-2-3-11(16)8-25-15-13(20)12-5-4-10-7-17(12)14(21)18(10)26-27(22,23)24/h10-12H,2-8H2,1H3,(H,15,20)(H,22,23,24)/t10?,11?,12-/m0/s1. The van der Waals surface area contributed by atoms with Crippen molar-refractivity contribution in [3.05, 3.63) is 0 Å². The molecule has 0 aromatic heterocycles. The van der Waals surface area contributed by atoms with Gasteiger partial charge in [-0.05, 0) is 25.7 Å². The van der Waals surface area contributed by atoms with E-state index in [4.69, 9.17) is 9.39 Å². The zero-order valence-corrected chi connectivity index (χ0v) is 15.6. The maximum absolute atomic E-state index is 12.4. The van der Waals surface area contributed by atoms with Crippen molar-refractivity contribution in [2.45, 2.75) is 50.7 Å². The van der Waals surface area contributed by atoms with Gasteiger partial charge in [0.25, 0.3) is 5.91 Å². The third-order valence-electron chi connectivity index (χ3n) is 5.03. The lowest BCUT2D eigenvalue weighted by Crippen LogP contribution is -2.50. The molecule has 0 aromatic carbocycles. The molecule has 13 heteroatoms. The molecule has 0 saturated carbocycles. The van der Waals surface area contributed by atoms with Gasteiger partial charge in [0.2, 0.25) is 5.91 Å². The highest BCUT2D eigenvalue weighted by molar-refractivity contribution is 7.80. The number of carbonyl (C=O) groups is 3. The summed E-state index contributed by atoms with van der Waals surface area (Å²) >= 11 is 0. The Bertz CT molecular complexity index is 729. The smallest absolute Gasteiger partial charge is 0.338 e. The van der Waals surface area contributed by atoms with Gasteiger partial charge in [-0.2, -0.15) is 13.5 Å². The van der Waals surface area contributed by atoms with Crippen LogP contribution in [0.25, 0.3) is 0 Å². The van der Waals surface area contributed by atoms with E-state index >= 15 is 0 Å². The first kappa shape index (κ1) is 19.8. The highest BCUT2D eigenvalue weighted by Gasteiger charge is 2.49. The van der Waals surface area contributed by atoms with Crippen molar-refractivity contribution in [3.8, 4) is 0 Å². The van der Waals surface area contributed by atoms with Crippen molar-refractivity contribution >= 4 is 28.2 Å². The second-order valence-corrected chi connectivity index (χ2v) is 7.80. The summed E-state index contributed by atoms with van der Waals surface area (Å²) in [6, 6.07) is -2.32. The van der Waals surface area contributed by atoms with Crippen molar-refractivity contribution in [2.24, 2.45) is 0 Å². The molecule has 152 valence electrons. The molecule has 27 heavy (non-hydrogen) atoms. The lowest BCUT2D eigenvalue weighted by molar-refractivity contribution is -0.141. The minimum atomic E-state index is -4.83. The number of amides is 4. The molecule has 0 aromatic rings. The van der Waals surface area contributed by atoms with Crippen molar-refractivity contribution in [1.29, 1.82) is 0 Å². The highest BCUT2D eigenvalue weighted by atomic mass is 32.3. The molecule has 2 unspecified atom stereocenters. The molecule has 4 amide bonds. The number of nitrogens with one attached hydrogen (secondary N) is 1. The first-order chi connectivity index (χ1) is 12.7. The van der Waals surface area contributed by atoms with Crippen LogP contribution < -0.4 is 5.48 Å². The Labute approximate surface area is 156 Å². The zero-order valence-electron chi connectivity index (χ0n) is 14.7. The minimum absolute atomic E-state index is 0.0488. The van der Waals surface area contributed by atoms with Gasteiger partial charge in [-0.25, -0.2) is 10.3 Å². The van der Waals surface area contributed by atoms with E-state index in [2.05, 4.69) is 9.76 Å². The van der Waals surface area contributed by atoms with Crippen LogP contribution in [0.1, 0.15) is 32.6 Å². The van der Waals surface area contributed by atoms with E-state index in [0.717, 1.165) is 12.8 Å². The number of hydrogen-bond acceptors (Lipinski definition) is 7. The molecule has 0 spiro atoms. The Morgan fingerprint density at radius 3 is 2.70 bits per heavy atom. The third kappa shape index (κ3) is 4.31. The molecule has 12 nitrogen and oxygen atoms in total. The fourth-order valence-electron chi connectivity index (χ4n) is 3.80. The average molecular weight is 406 g/mol. The molecule has 3 aliphatic heterocycles. The predicted molar refractivity (Wildman–Crippen MR) is 87.9 cm³/mol. The third-order valence-corrected chi connectivity index (χ3v) is 5.38. The van der Waals surface area contributed by atoms with E-state index in [9.17, 15) is 22.8 Å². The maximum Gasteiger partial charge on any atom is 0.418 e. The Morgan fingerprint density at radius 2 is 2.04 bits per heavy atom. The number of rotatable bonds is 6. The van der Waals surface area contributed by atoms with Crippen molar-refractivity contribution in [3.63, 3.8) is 0 Å². The number of nitrogens with zero attached hydrogens (tertiary/aromatic N) is 3. The van der Waals surface area contributed by atoms with E-state index in [0.29, 0.717) is 24.4 Å². The highest BCUT2D eigenvalue weighted by Crippen LogP contribution is 2.30. The molecular formula is C14H22N4O8S. The number of hydroxylamine groups is 3. The van der Waals surface area contributed by atoms with Gasteiger partial charge < -0.3 is 9.80 Å². The summed E-state index contributed by atoms with van der Waals surface area (Å²) in [6.07, 6.45) is 2.28. The van der Waals surface area contributed by atoms with E-state index in [1.807, 2.05) is 0 Å². The van der Waals surface area contributed by atoms with Crippen molar-refractivity contribution < 1.29 is 36.5 Å².